The normalized spacial score (nSPS) is 50.9. The molecule has 87 heavy (non-hydrogen) atoms. The maximum atomic E-state index is 13.2. The second-order valence-corrected chi connectivity index (χ2v) is 27.8. The van der Waals surface area contributed by atoms with Crippen LogP contribution in [0.15, 0.2) is 11.6 Å². The van der Waals surface area contributed by atoms with E-state index in [1.807, 2.05) is 34.6 Å². The van der Waals surface area contributed by atoms with Crippen LogP contribution in [0.3, 0.4) is 0 Å². The lowest BCUT2D eigenvalue weighted by Crippen LogP contribution is -2.77. The van der Waals surface area contributed by atoms with Gasteiger partial charge in [0.25, 0.3) is 0 Å². The minimum atomic E-state index is -2.15. The Bertz CT molecular complexity index is 2550. The molecule has 4 saturated heterocycles. The van der Waals surface area contributed by atoms with Crippen LogP contribution in [-0.2, 0) is 71.3 Å². The number of carboxylic acid groups (broad SMARTS) is 1. The van der Waals surface area contributed by atoms with E-state index in [-0.39, 0.29) is 24.7 Å². The van der Waals surface area contributed by atoms with Gasteiger partial charge in [0.15, 0.2) is 43.5 Å². The molecule has 4 saturated carbocycles. The fourth-order valence-corrected chi connectivity index (χ4v) is 17.7. The van der Waals surface area contributed by atoms with Gasteiger partial charge in [-0.05, 0) is 79.4 Å². The van der Waals surface area contributed by atoms with Crippen molar-refractivity contribution in [2.24, 2.45) is 50.2 Å². The van der Waals surface area contributed by atoms with E-state index in [1.165, 1.54) is 13.8 Å². The van der Waals surface area contributed by atoms with Gasteiger partial charge in [0.1, 0.15) is 79.4 Å². The molecular formula is C59H92O28. The number of carbonyl (C=O) groups excluding carboxylic acids is 3. The Labute approximate surface area is 503 Å². The molecule has 0 bridgehead atoms. The minimum absolute atomic E-state index is 0.202. The summed E-state index contributed by atoms with van der Waals surface area (Å²) >= 11 is 0. The largest absolute Gasteiger partial charge is 0.479 e. The Kier molecular flexibility index (Phi) is 19.4. The van der Waals surface area contributed by atoms with E-state index < -0.39 is 229 Å². The van der Waals surface area contributed by atoms with Gasteiger partial charge in [0.2, 0.25) is 0 Å². The average molecular weight is 1250 g/mol. The van der Waals surface area contributed by atoms with Crippen molar-refractivity contribution in [2.45, 2.75) is 262 Å². The Morgan fingerprint density at radius 3 is 1.68 bits per heavy atom. The maximum absolute atomic E-state index is 13.2. The molecule has 5 aliphatic carbocycles. The number of carboxylic acids is 1. The summed E-state index contributed by atoms with van der Waals surface area (Å²) in [5.74, 6) is -5.17. The number of hydrogen-bond acceptors (Lipinski definition) is 27. The van der Waals surface area contributed by atoms with Crippen LogP contribution in [0.2, 0.25) is 0 Å². The lowest BCUT2D eigenvalue weighted by atomic mass is 9.32. The number of aliphatic carboxylic acids is 1. The van der Waals surface area contributed by atoms with Gasteiger partial charge in [-0.15, -0.1) is 0 Å². The van der Waals surface area contributed by atoms with E-state index in [0.717, 1.165) is 19.4 Å². The van der Waals surface area contributed by atoms with Crippen molar-refractivity contribution in [2.75, 3.05) is 19.8 Å². The molecule has 3 unspecified atom stereocenters. The van der Waals surface area contributed by atoms with Crippen LogP contribution in [0.1, 0.15) is 115 Å². The zero-order valence-corrected chi connectivity index (χ0v) is 51.0. The molecule has 0 aromatic heterocycles. The first kappa shape index (κ1) is 68.2. The monoisotopic (exact) mass is 1250 g/mol. The number of fused-ring (bicyclic) bond motifs is 7. The average Bonchev–Trinajstić information content (AvgIpc) is 0.800. The fraction of sp³-hybridized carbons (Fsp3) is 0.898. The Morgan fingerprint density at radius 1 is 0.563 bits per heavy atom. The van der Waals surface area contributed by atoms with Crippen molar-refractivity contribution in [3.63, 3.8) is 0 Å². The van der Waals surface area contributed by atoms with Gasteiger partial charge in [-0.3, -0.25) is 14.4 Å². The van der Waals surface area contributed by atoms with Crippen LogP contribution in [-0.4, -0.2) is 257 Å². The molecule has 4 aliphatic heterocycles. The van der Waals surface area contributed by atoms with Gasteiger partial charge in [0, 0.05) is 31.6 Å². The molecule has 8 fully saturated rings. The second-order valence-electron chi connectivity index (χ2n) is 27.8. The fourth-order valence-electron chi connectivity index (χ4n) is 17.7. The molecule has 0 amide bonds. The number of ether oxygens (including phenoxy) is 11. The van der Waals surface area contributed by atoms with Gasteiger partial charge in [-0.2, -0.15) is 0 Å². The summed E-state index contributed by atoms with van der Waals surface area (Å²) in [5, 5.41) is 147. The van der Waals surface area contributed by atoms with Gasteiger partial charge in [-0.1, -0.05) is 60.1 Å². The SMILES string of the molecule is CC(=O)O[C@@H]1[C@@H](OC(C)=O)[C@H](O)[C@@H](O[C@@H]2[C@H](OC(C)=O)C(C)(C)CC3C4=CCC5[C@@]6(C)CC[C@H](O[C@H]7O[C@H](C(=O)O)[C@@H](O)[C@H](O[C@H]8O[C@H](CO)[C@@H](O)[C@@H]8O)[C@H]7O[C@@H]7O[C@H](CO)[C@H](O)[C@H](O)[C@H]7O)C(C)(C)C6CC[C@@]5(C)[C@]4(C)[C@H](O)[C@H](O)[C@]32CO)O[C@H]1C. The number of aliphatic hydroxyl groups excluding tert-OH is 12. The number of aliphatic hydroxyl groups is 12. The van der Waals surface area contributed by atoms with Crippen molar-refractivity contribution < 1.29 is 138 Å². The van der Waals surface area contributed by atoms with E-state index in [9.17, 15) is 85.6 Å². The molecule has 9 rings (SSSR count). The van der Waals surface area contributed by atoms with Crippen LogP contribution >= 0.6 is 0 Å². The molecule has 0 aromatic rings. The molecule has 28 heteroatoms. The number of esters is 3. The summed E-state index contributed by atoms with van der Waals surface area (Å²) in [6.45, 7) is 16.4. The Hall–Kier alpha value is -3.18. The lowest BCUT2D eigenvalue weighted by molar-refractivity contribution is -0.386. The third-order valence-corrected chi connectivity index (χ3v) is 22.3. The predicted octanol–water partition coefficient (Wildman–Crippen LogP) is -2.21. The van der Waals surface area contributed by atoms with Crippen molar-refractivity contribution in [1.82, 2.24) is 0 Å². The molecule has 31 atom stereocenters. The Balaban J connectivity index is 1.05. The summed E-state index contributed by atoms with van der Waals surface area (Å²) in [6.07, 6.45) is -35.7. The molecule has 0 radical (unpaired) electrons. The van der Waals surface area contributed by atoms with E-state index in [0.29, 0.717) is 25.7 Å². The molecule has 0 spiro atoms. The summed E-state index contributed by atoms with van der Waals surface area (Å²) in [7, 11) is 0. The predicted molar refractivity (Wildman–Crippen MR) is 290 cm³/mol. The molecular weight excluding hydrogens is 1160 g/mol. The number of rotatable bonds is 15. The van der Waals surface area contributed by atoms with Crippen molar-refractivity contribution in [3.8, 4) is 0 Å². The number of allylic oxidation sites excluding steroid dienone is 1. The molecule has 496 valence electrons. The first-order valence-electron chi connectivity index (χ1n) is 30.2. The minimum Gasteiger partial charge on any atom is -0.479 e. The van der Waals surface area contributed by atoms with Crippen LogP contribution in [0, 0.1) is 50.2 Å². The molecule has 0 aromatic carbocycles. The highest BCUT2D eigenvalue weighted by Crippen LogP contribution is 2.76. The second kappa shape index (κ2) is 24.7. The van der Waals surface area contributed by atoms with Crippen LogP contribution in [0.5, 0.6) is 0 Å². The topological polar surface area (TPSA) is 433 Å². The standard InChI is InChI=1S/C59H92O28/c1-22-40(78-23(2)63)42(79-24(3)64)39(72)52(77-22)87-48-47(80-25(4)65)54(5,6)18-27-26-12-13-31-56(9)16-15-32(55(7,8)30(56)14-17-57(31,10)58(26,11)45(73)46(74)59(27,48)21-62)83-53-44(86-51-37(70)35(68)33(66)28(19-60)81-51)41(38(71)43(85-53)49(75)76)84-50-36(69)34(67)29(20-61)82-50/h12,22,27-48,50-53,60-62,66-74H,13-21H2,1-11H3,(H,75,76)/t22-,27?,28+,29+,30?,31?,32-,33-,34+,35-,36-,37+,38-,39-,40-,41-,42-,43-,44+,45+,46-,47-,48+,50+,51-,52+,53-,56-,57+,58-,59-/m0/s1. The van der Waals surface area contributed by atoms with E-state index >= 15 is 0 Å². The molecule has 13 N–H and O–H groups in total. The lowest BCUT2D eigenvalue weighted by Gasteiger charge is -2.73. The first-order chi connectivity index (χ1) is 40.5. The van der Waals surface area contributed by atoms with Gasteiger partial charge in [0.05, 0.1) is 49.7 Å². The summed E-state index contributed by atoms with van der Waals surface area (Å²) in [4.78, 5) is 50.7. The van der Waals surface area contributed by atoms with Crippen LogP contribution in [0.25, 0.3) is 0 Å². The number of hydrogen-bond donors (Lipinski definition) is 13. The van der Waals surface area contributed by atoms with E-state index in [2.05, 4.69) is 19.9 Å². The van der Waals surface area contributed by atoms with E-state index in [4.69, 9.17) is 52.1 Å². The van der Waals surface area contributed by atoms with Crippen molar-refractivity contribution >= 4 is 23.9 Å². The van der Waals surface area contributed by atoms with Crippen LogP contribution < -0.4 is 0 Å². The third kappa shape index (κ3) is 11.1. The highest BCUT2D eigenvalue weighted by molar-refractivity contribution is 5.73. The molecule has 9 aliphatic rings. The quantitative estimate of drug-likeness (QED) is 0.0358. The zero-order chi connectivity index (χ0) is 64.3. The van der Waals surface area contributed by atoms with E-state index in [1.54, 1.807) is 0 Å². The summed E-state index contributed by atoms with van der Waals surface area (Å²) < 4.78 is 66.5. The highest BCUT2D eigenvalue weighted by Gasteiger charge is 2.76. The first-order valence-corrected chi connectivity index (χ1v) is 30.2. The molecule has 28 nitrogen and oxygen atoms in total. The van der Waals surface area contributed by atoms with Crippen molar-refractivity contribution in [3.05, 3.63) is 11.6 Å². The Morgan fingerprint density at radius 2 is 1.11 bits per heavy atom. The summed E-state index contributed by atoms with van der Waals surface area (Å²) in [6, 6.07) is 0. The highest BCUT2D eigenvalue weighted by atomic mass is 16.8. The van der Waals surface area contributed by atoms with Crippen molar-refractivity contribution in [1.29, 1.82) is 0 Å². The van der Waals surface area contributed by atoms with Gasteiger partial charge >= 0.3 is 23.9 Å². The third-order valence-electron chi connectivity index (χ3n) is 22.3. The maximum Gasteiger partial charge on any atom is 0.335 e. The zero-order valence-electron chi connectivity index (χ0n) is 51.0. The van der Waals surface area contributed by atoms with Crippen LogP contribution in [0.4, 0.5) is 0 Å². The van der Waals surface area contributed by atoms with Gasteiger partial charge < -0.3 is 118 Å². The smallest absolute Gasteiger partial charge is 0.335 e. The number of carbonyl (C=O) groups is 4. The van der Waals surface area contributed by atoms with Gasteiger partial charge in [-0.25, -0.2) is 4.79 Å². The summed E-state index contributed by atoms with van der Waals surface area (Å²) in [5.41, 5.74) is -5.55. The molecule has 4 heterocycles.